The number of nitrogens with one attached hydrogen (secondary N) is 1. The lowest BCUT2D eigenvalue weighted by Gasteiger charge is -2.61. The van der Waals surface area contributed by atoms with Crippen LogP contribution in [0.4, 0.5) is 0 Å². The molecule has 8 atom stereocenters. The Kier molecular flexibility index (Phi) is 4.06. The SMILES string of the molecule is C=C1CCC2(C)C(CCC3C2CCC2(C)C(C(C)CN)CCC32)N1. The van der Waals surface area contributed by atoms with Crippen LogP contribution in [-0.2, 0) is 0 Å². The number of nitrogens with two attached hydrogens (primary N) is 1. The van der Waals surface area contributed by atoms with Crippen LogP contribution in [0.1, 0.15) is 72.1 Å². The number of piperidine rings is 1. The molecule has 4 aliphatic rings. The maximum absolute atomic E-state index is 6.07. The highest BCUT2D eigenvalue weighted by atomic mass is 15.0. The molecule has 0 aromatic heterocycles. The Morgan fingerprint density at radius 2 is 1.83 bits per heavy atom. The molecule has 0 spiro atoms. The van der Waals surface area contributed by atoms with Crippen molar-refractivity contribution in [2.24, 2.45) is 46.2 Å². The summed E-state index contributed by atoms with van der Waals surface area (Å²) in [4.78, 5) is 0. The molecule has 1 aliphatic heterocycles. The number of hydrogen-bond donors (Lipinski definition) is 2. The van der Waals surface area contributed by atoms with Crippen LogP contribution >= 0.6 is 0 Å². The molecule has 3 N–H and O–H groups in total. The van der Waals surface area contributed by atoms with Crippen molar-refractivity contribution in [2.75, 3.05) is 6.54 Å². The molecule has 0 amide bonds. The third-order valence-electron chi connectivity index (χ3n) is 9.34. The standard InChI is InChI=1S/C22H38N2/c1-14(13-23)17-6-7-18-16-5-8-20-22(4,11-9-15(2)24-20)19(16)10-12-21(17,18)3/h14,16-20,24H,2,5-13,23H2,1,3-4H3. The van der Waals surface area contributed by atoms with E-state index >= 15 is 0 Å². The monoisotopic (exact) mass is 330 g/mol. The van der Waals surface area contributed by atoms with Crippen molar-refractivity contribution in [3.05, 3.63) is 12.3 Å². The zero-order valence-corrected chi connectivity index (χ0v) is 16.1. The predicted molar refractivity (Wildman–Crippen MR) is 101 cm³/mol. The van der Waals surface area contributed by atoms with E-state index in [2.05, 4.69) is 32.7 Å². The maximum Gasteiger partial charge on any atom is 0.0314 e. The second kappa shape index (κ2) is 5.76. The lowest BCUT2D eigenvalue weighted by atomic mass is 9.46. The number of fused-ring (bicyclic) bond motifs is 5. The highest BCUT2D eigenvalue weighted by molar-refractivity contribution is 5.14. The van der Waals surface area contributed by atoms with Crippen LogP contribution in [-0.4, -0.2) is 12.6 Å². The van der Waals surface area contributed by atoms with Gasteiger partial charge in [0.05, 0.1) is 0 Å². The first kappa shape index (κ1) is 16.9. The topological polar surface area (TPSA) is 38.0 Å². The van der Waals surface area contributed by atoms with Gasteiger partial charge in [0, 0.05) is 11.7 Å². The van der Waals surface area contributed by atoms with Gasteiger partial charge >= 0.3 is 0 Å². The van der Waals surface area contributed by atoms with Gasteiger partial charge in [-0.25, -0.2) is 0 Å². The van der Waals surface area contributed by atoms with E-state index in [4.69, 9.17) is 5.73 Å². The average molecular weight is 331 g/mol. The van der Waals surface area contributed by atoms with Crippen molar-refractivity contribution in [1.82, 2.24) is 5.32 Å². The highest BCUT2D eigenvalue weighted by Gasteiger charge is 2.60. The van der Waals surface area contributed by atoms with Crippen molar-refractivity contribution < 1.29 is 0 Å². The van der Waals surface area contributed by atoms with Crippen LogP contribution in [0, 0.1) is 40.4 Å². The Balaban J connectivity index is 1.60. The van der Waals surface area contributed by atoms with Gasteiger partial charge in [-0.15, -0.1) is 0 Å². The molecule has 8 unspecified atom stereocenters. The molecule has 4 fully saturated rings. The molecule has 0 aromatic carbocycles. The van der Waals surface area contributed by atoms with E-state index in [9.17, 15) is 0 Å². The number of rotatable bonds is 2. The van der Waals surface area contributed by atoms with Gasteiger partial charge in [0.25, 0.3) is 0 Å². The molecule has 24 heavy (non-hydrogen) atoms. The summed E-state index contributed by atoms with van der Waals surface area (Å²) in [7, 11) is 0. The third-order valence-corrected chi connectivity index (χ3v) is 9.34. The molecule has 1 saturated heterocycles. The summed E-state index contributed by atoms with van der Waals surface area (Å²) in [5.41, 5.74) is 8.42. The first-order chi connectivity index (χ1) is 11.4. The minimum absolute atomic E-state index is 0.503. The number of hydrogen-bond acceptors (Lipinski definition) is 2. The van der Waals surface area contributed by atoms with Crippen LogP contribution in [0.15, 0.2) is 12.3 Å². The number of allylic oxidation sites excluding steroid dienone is 1. The molecule has 136 valence electrons. The predicted octanol–water partition coefficient (Wildman–Crippen LogP) is 4.71. The molecule has 0 bridgehead atoms. The zero-order chi connectivity index (χ0) is 17.1. The Morgan fingerprint density at radius 1 is 1.08 bits per heavy atom. The van der Waals surface area contributed by atoms with Gasteiger partial charge in [0.15, 0.2) is 0 Å². The summed E-state index contributed by atoms with van der Waals surface area (Å²) < 4.78 is 0. The largest absolute Gasteiger partial charge is 0.386 e. The Labute approximate surface area is 149 Å². The molecule has 0 aromatic rings. The van der Waals surface area contributed by atoms with E-state index in [1.807, 2.05) is 0 Å². The average Bonchev–Trinajstić information content (AvgIpc) is 2.92. The highest BCUT2D eigenvalue weighted by Crippen LogP contribution is 2.66. The normalized spacial score (nSPS) is 52.0. The summed E-state index contributed by atoms with van der Waals surface area (Å²) in [6.07, 6.45) is 11.1. The van der Waals surface area contributed by atoms with Crippen LogP contribution in [0.2, 0.25) is 0 Å². The van der Waals surface area contributed by atoms with Crippen molar-refractivity contribution in [3.8, 4) is 0 Å². The van der Waals surface area contributed by atoms with Gasteiger partial charge in [-0.3, -0.25) is 0 Å². The van der Waals surface area contributed by atoms with Gasteiger partial charge in [0.2, 0.25) is 0 Å². The minimum atomic E-state index is 0.503. The van der Waals surface area contributed by atoms with Gasteiger partial charge < -0.3 is 11.1 Å². The molecular weight excluding hydrogens is 292 g/mol. The van der Waals surface area contributed by atoms with E-state index in [1.165, 1.54) is 57.1 Å². The van der Waals surface area contributed by atoms with Gasteiger partial charge in [0.1, 0.15) is 0 Å². The van der Waals surface area contributed by atoms with Crippen molar-refractivity contribution in [2.45, 2.75) is 78.2 Å². The van der Waals surface area contributed by atoms with Gasteiger partial charge in [-0.2, -0.15) is 0 Å². The van der Waals surface area contributed by atoms with Crippen LogP contribution in [0.25, 0.3) is 0 Å². The second-order valence-corrected chi connectivity index (χ2v) is 10.2. The lowest BCUT2D eigenvalue weighted by molar-refractivity contribution is -0.0942. The maximum atomic E-state index is 6.07. The van der Waals surface area contributed by atoms with Crippen molar-refractivity contribution in [1.29, 1.82) is 0 Å². The molecular formula is C22H38N2. The molecule has 1 heterocycles. The minimum Gasteiger partial charge on any atom is -0.386 e. The van der Waals surface area contributed by atoms with E-state index in [-0.39, 0.29) is 0 Å². The van der Waals surface area contributed by atoms with E-state index in [0.717, 1.165) is 30.2 Å². The van der Waals surface area contributed by atoms with Crippen molar-refractivity contribution in [3.63, 3.8) is 0 Å². The first-order valence-electron chi connectivity index (χ1n) is 10.5. The van der Waals surface area contributed by atoms with Crippen LogP contribution in [0.3, 0.4) is 0 Å². The summed E-state index contributed by atoms with van der Waals surface area (Å²) in [6.45, 7) is 12.7. The van der Waals surface area contributed by atoms with E-state index in [0.29, 0.717) is 22.8 Å². The van der Waals surface area contributed by atoms with Crippen LogP contribution in [0.5, 0.6) is 0 Å². The molecule has 3 saturated carbocycles. The van der Waals surface area contributed by atoms with Gasteiger partial charge in [-0.1, -0.05) is 27.4 Å². The van der Waals surface area contributed by atoms with Gasteiger partial charge in [-0.05, 0) is 98.3 Å². The molecule has 2 heteroatoms. The molecule has 4 rings (SSSR count). The summed E-state index contributed by atoms with van der Waals surface area (Å²) in [5, 5.41) is 3.79. The van der Waals surface area contributed by atoms with E-state index in [1.54, 1.807) is 0 Å². The quantitative estimate of drug-likeness (QED) is 0.770. The first-order valence-corrected chi connectivity index (χ1v) is 10.5. The zero-order valence-electron chi connectivity index (χ0n) is 16.1. The second-order valence-electron chi connectivity index (χ2n) is 10.2. The fraction of sp³-hybridized carbons (Fsp3) is 0.909. The molecule has 2 nitrogen and oxygen atoms in total. The lowest BCUT2D eigenvalue weighted by Crippen LogP contribution is -2.59. The van der Waals surface area contributed by atoms with Crippen molar-refractivity contribution >= 4 is 0 Å². The molecule has 3 aliphatic carbocycles. The summed E-state index contributed by atoms with van der Waals surface area (Å²) >= 11 is 0. The molecule has 0 radical (unpaired) electrons. The summed E-state index contributed by atoms with van der Waals surface area (Å²) in [6, 6.07) is 0.685. The fourth-order valence-corrected chi connectivity index (χ4v) is 7.93. The smallest absolute Gasteiger partial charge is 0.0314 e. The fourth-order valence-electron chi connectivity index (χ4n) is 7.93. The Hall–Kier alpha value is -0.500. The Morgan fingerprint density at radius 3 is 2.58 bits per heavy atom. The van der Waals surface area contributed by atoms with E-state index < -0.39 is 0 Å². The Bertz CT molecular complexity index is 514. The third kappa shape index (κ3) is 2.24. The van der Waals surface area contributed by atoms with Crippen LogP contribution < -0.4 is 11.1 Å². The summed E-state index contributed by atoms with van der Waals surface area (Å²) in [5.74, 6) is 4.42.